The smallest absolute Gasteiger partial charge is 0.223 e. The molecule has 5 nitrogen and oxygen atoms in total. The van der Waals surface area contributed by atoms with Crippen LogP contribution in [0.1, 0.15) is 38.3 Å². The SMILES string of the molecule is CNC(=O)CCOc1ccc2c(c1)OC(C)(C)CC2N. The largest absolute Gasteiger partial charge is 0.493 e. The van der Waals surface area contributed by atoms with Gasteiger partial charge in [-0.25, -0.2) is 0 Å². The normalized spacial score (nSPS) is 19.7. The topological polar surface area (TPSA) is 73.6 Å². The molecule has 1 aliphatic heterocycles. The van der Waals surface area contributed by atoms with Crippen molar-refractivity contribution in [3.05, 3.63) is 23.8 Å². The van der Waals surface area contributed by atoms with Crippen molar-refractivity contribution in [2.24, 2.45) is 5.73 Å². The molecule has 1 heterocycles. The third kappa shape index (κ3) is 3.42. The number of ether oxygens (including phenoxy) is 2. The zero-order valence-corrected chi connectivity index (χ0v) is 12.2. The van der Waals surface area contributed by atoms with E-state index in [1.54, 1.807) is 7.05 Å². The lowest BCUT2D eigenvalue weighted by Gasteiger charge is -2.36. The van der Waals surface area contributed by atoms with Crippen LogP contribution in [0, 0.1) is 0 Å². The van der Waals surface area contributed by atoms with Gasteiger partial charge in [0, 0.05) is 31.1 Å². The van der Waals surface area contributed by atoms with E-state index in [-0.39, 0.29) is 17.6 Å². The molecule has 0 saturated heterocycles. The minimum absolute atomic E-state index is 0.0198. The monoisotopic (exact) mass is 278 g/mol. The zero-order valence-electron chi connectivity index (χ0n) is 12.2. The van der Waals surface area contributed by atoms with Gasteiger partial charge in [0.1, 0.15) is 17.1 Å². The lowest BCUT2D eigenvalue weighted by molar-refractivity contribution is -0.121. The van der Waals surface area contributed by atoms with Gasteiger partial charge in [0.2, 0.25) is 5.91 Å². The molecule has 3 N–H and O–H groups in total. The van der Waals surface area contributed by atoms with Gasteiger partial charge in [-0.1, -0.05) is 6.07 Å². The molecule has 1 aliphatic rings. The first-order valence-electron chi connectivity index (χ1n) is 6.83. The van der Waals surface area contributed by atoms with E-state index >= 15 is 0 Å². The summed E-state index contributed by atoms with van der Waals surface area (Å²) in [5.74, 6) is 1.42. The molecule has 0 radical (unpaired) electrons. The van der Waals surface area contributed by atoms with Gasteiger partial charge < -0.3 is 20.5 Å². The van der Waals surface area contributed by atoms with Crippen molar-refractivity contribution in [2.75, 3.05) is 13.7 Å². The Labute approximate surface area is 119 Å². The van der Waals surface area contributed by atoms with Crippen molar-refractivity contribution in [2.45, 2.75) is 38.3 Å². The second kappa shape index (κ2) is 5.71. The van der Waals surface area contributed by atoms with Crippen LogP contribution in [0.5, 0.6) is 11.5 Å². The van der Waals surface area contributed by atoms with E-state index in [1.807, 2.05) is 32.0 Å². The number of nitrogens with one attached hydrogen (secondary N) is 1. The van der Waals surface area contributed by atoms with Crippen LogP contribution in [-0.2, 0) is 4.79 Å². The molecular weight excluding hydrogens is 256 g/mol. The quantitative estimate of drug-likeness (QED) is 0.880. The van der Waals surface area contributed by atoms with Crippen molar-refractivity contribution in [3.63, 3.8) is 0 Å². The summed E-state index contributed by atoms with van der Waals surface area (Å²) in [4.78, 5) is 11.1. The molecule has 0 aromatic heterocycles. The fourth-order valence-electron chi connectivity index (χ4n) is 2.36. The Morgan fingerprint density at radius 1 is 1.55 bits per heavy atom. The molecule has 1 aromatic rings. The van der Waals surface area contributed by atoms with Gasteiger partial charge in [0.05, 0.1) is 13.0 Å². The maximum atomic E-state index is 11.1. The van der Waals surface area contributed by atoms with Crippen LogP contribution in [0.25, 0.3) is 0 Å². The van der Waals surface area contributed by atoms with E-state index in [0.29, 0.717) is 18.8 Å². The van der Waals surface area contributed by atoms with Crippen LogP contribution >= 0.6 is 0 Å². The lowest BCUT2D eigenvalue weighted by atomic mass is 9.90. The van der Waals surface area contributed by atoms with Crippen molar-refractivity contribution < 1.29 is 14.3 Å². The molecule has 0 spiro atoms. The molecular formula is C15H22N2O3. The molecule has 0 saturated carbocycles. The molecule has 1 atom stereocenters. The van der Waals surface area contributed by atoms with Crippen LogP contribution in [0.3, 0.4) is 0 Å². The standard InChI is InChI=1S/C15H22N2O3/c1-15(2)9-12(16)11-5-4-10(8-13(11)20-15)19-7-6-14(18)17-3/h4-5,8,12H,6-7,9,16H2,1-3H3,(H,17,18). The highest BCUT2D eigenvalue weighted by molar-refractivity contribution is 5.75. The Balaban J connectivity index is 2.06. The maximum Gasteiger partial charge on any atom is 0.223 e. The number of benzene rings is 1. The van der Waals surface area contributed by atoms with Gasteiger partial charge in [-0.05, 0) is 19.9 Å². The van der Waals surface area contributed by atoms with Gasteiger partial charge >= 0.3 is 0 Å². The van der Waals surface area contributed by atoms with E-state index in [1.165, 1.54) is 0 Å². The van der Waals surface area contributed by atoms with Crippen LogP contribution in [0.2, 0.25) is 0 Å². The molecule has 2 rings (SSSR count). The maximum absolute atomic E-state index is 11.1. The lowest BCUT2D eigenvalue weighted by Crippen LogP contribution is -2.37. The Kier molecular flexibility index (Phi) is 4.18. The van der Waals surface area contributed by atoms with Crippen molar-refractivity contribution in [1.29, 1.82) is 0 Å². The number of rotatable bonds is 4. The van der Waals surface area contributed by atoms with Gasteiger partial charge in [0.15, 0.2) is 0 Å². The first-order chi connectivity index (χ1) is 9.41. The van der Waals surface area contributed by atoms with Gasteiger partial charge in [-0.3, -0.25) is 4.79 Å². The van der Waals surface area contributed by atoms with Crippen LogP contribution in [-0.4, -0.2) is 25.2 Å². The van der Waals surface area contributed by atoms with E-state index in [0.717, 1.165) is 17.7 Å². The molecule has 0 bridgehead atoms. The van der Waals surface area contributed by atoms with Gasteiger partial charge in [-0.15, -0.1) is 0 Å². The van der Waals surface area contributed by atoms with E-state index in [2.05, 4.69) is 5.32 Å². The molecule has 1 amide bonds. The summed E-state index contributed by atoms with van der Waals surface area (Å²) in [5, 5.41) is 2.56. The average molecular weight is 278 g/mol. The molecule has 1 unspecified atom stereocenters. The molecule has 110 valence electrons. The second-order valence-corrected chi connectivity index (χ2v) is 5.64. The number of hydrogen-bond acceptors (Lipinski definition) is 4. The Morgan fingerprint density at radius 2 is 2.30 bits per heavy atom. The number of hydrogen-bond donors (Lipinski definition) is 2. The van der Waals surface area contributed by atoms with Gasteiger partial charge in [-0.2, -0.15) is 0 Å². The molecule has 20 heavy (non-hydrogen) atoms. The summed E-state index contributed by atoms with van der Waals surface area (Å²) in [5.41, 5.74) is 6.89. The summed E-state index contributed by atoms with van der Waals surface area (Å²) >= 11 is 0. The highest BCUT2D eigenvalue weighted by Crippen LogP contribution is 2.39. The number of carbonyl (C=O) groups is 1. The third-order valence-electron chi connectivity index (χ3n) is 3.36. The Hall–Kier alpha value is -1.75. The number of amides is 1. The predicted octanol–water partition coefficient (Wildman–Crippen LogP) is 1.76. The minimum atomic E-state index is -0.271. The summed E-state index contributed by atoms with van der Waals surface area (Å²) in [6.07, 6.45) is 1.12. The van der Waals surface area contributed by atoms with Crippen molar-refractivity contribution in [3.8, 4) is 11.5 Å². The molecule has 5 heteroatoms. The number of carbonyl (C=O) groups excluding carboxylic acids is 1. The predicted molar refractivity (Wildman–Crippen MR) is 76.9 cm³/mol. The fraction of sp³-hybridized carbons (Fsp3) is 0.533. The minimum Gasteiger partial charge on any atom is -0.493 e. The first kappa shape index (κ1) is 14.7. The Morgan fingerprint density at radius 3 is 3.00 bits per heavy atom. The Bertz CT molecular complexity index is 500. The first-order valence-corrected chi connectivity index (χ1v) is 6.83. The van der Waals surface area contributed by atoms with Crippen molar-refractivity contribution in [1.82, 2.24) is 5.32 Å². The summed E-state index contributed by atoms with van der Waals surface area (Å²) in [6, 6.07) is 5.63. The average Bonchev–Trinajstić information content (AvgIpc) is 2.36. The number of fused-ring (bicyclic) bond motifs is 1. The van der Waals surface area contributed by atoms with E-state index < -0.39 is 0 Å². The van der Waals surface area contributed by atoms with Crippen LogP contribution < -0.4 is 20.5 Å². The second-order valence-electron chi connectivity index (χ2n) is 5.64. The highest BCUT2D eigenvalue weighted by atomic mass is 16.5. The van der Waals surface area contributed by atoms with Gasteiger partial charge in [0.25, 0.3) is 0 Å². The molecule has 0 fully saturated rings. The van der Waals surface area contributed by atoms with Crippen LogP contribution in [0.15, 0.2) is 18.2 Å². The zero-order chi connectivity index (χ0) is 14.8. The van der Waals surface area contributed by atoms with E-state index in [9.17, 15) is 4.79 Å². The summed E-state index contributed by atoms with van der Waals surface area (Å²) in [7, 11) is 1.61. The molecule has 1 aromatic carbocycles. The van der Waals surface area contributed by atoms with Crippen molar-refractivity contribution >= 4 is 5.91 Å². The highest BCUT2D eigenvalue weighted by Gasteiger charge is 2.31. The molecule has 0 aliphatic carbocycles. The third-order valence-corrected chi connectivity index (χ3v) is 3.36. The van der Waals surface area contributed by atoms with E-state index in [4.69, 9.17) is 15.2 Å². The summed E-state index contributed by atoms with van der Waals surface area (Å²) in [6.45, 7) is 4.39. The number of nitrogens with two attached hydrogens (primary N) is 1. The van der Waals surface area contributed by atoms with Crippen LogP contribution in [0.4, 0.5) is 0 Å². The summed E-state index contributed by atoms with van der Waals surface area (Å²) < 4.78 is 11.5. The fourth-order valence-corrected chi connectivity index (χ4v) is 2.36.